The zero-order valence-corrected chi connectivity index (χ0v) is 12.0. The predicted molar refractivity (Wildman–Crippen MR) is 71.9 cm³/mol. The molecule has 1 fully saturated rings. The maximum absolute atomic E-state index is 13.5. The largest absolute Gasteiger partial charge is 0.339 e. The fraction of sp³-hybridized carbons (Fsp3) is 0.385. The average molecular weight is 344 g/mol. The Balaban J connectivity index is 1.96. The van der Waals surface area contributed by atoms with E-state index in [1.807, 2.05) is 0 Å². The van der Waals surface area contributed by atoms with Crippen LogP contribution in [0.1, 0.15) is 31.1 Å². The summed E-state index contributed by atoms with van der Waals surface area (Å²) in [6.07, 6.45) is 2.86. The van der Waals surface area contributed by atoms with E-state index in [1.165, 1.54) is 6.07 Å². The lowest BCUT2D eigenvalue weighted by molar-refractivity contribution is 0.345. The highest BCUT2D eigenvalue weighted by molar-refractivity contribution is 9.10. The van der Waals surface area contributed by atoms with Crippen LogP contribution in [-0.2, 0) is 0 Å². The third kappa shape index (κ3) is 2.25. The van der Waals surface area contributed by atoms with Gasteiger partial charge in [-0.25, -0.2) is 8.78 Å². The van der Waals surface area contributed by atoms with Crippen LogP contribution in [0.4, 0.5) is 8.78 Å². The summed E-state index contributed by atoms with van der Waals surface area (Å²) in [5.74, 6) is -1.17. The Labute approximate surface area is 122 Å². The average Bonchev–Trinajstić information content (AvgIpc) is 3.05. The smallest absolute Gasteiger partial charge is 0.231 e. The summed E-state index contributed by atoms with van der Waals surface area (Å²) in [6, 6.07) is 2.45. The molecule has 1 aliphatic rings. The zero-order valence-electron chi connectivity index (χ0n) is 10.4. The summed E-state index contributed by atoms with van der Waals surface area (Å²) >= 11 is 3.01. The van der Waals surface area contributed by atoms with Gasteiger partial charge in [0.2, 0.25) is 11.7 Å². The summed E-state index contributed by atoms with van der Waals surface area (Å²) in [5, 5.41) is 3.84. The lowest BCUT2D eigenvalue weighted by Crippen LogP contribution is -2.22. The maximum atomic E-state index is 13.5. The van der Waals surface area contributed by atoms with E-state index >= 15 is 0 Å². The van der Waals surface area contributed by atoms with E-state index in [9.17, 15) is 8.78 Å². The van der Waals surface area contributed by atoms with Crippen molar-refractivity contribution >= 4 is 15.9 Å². The number of hydrogen-bond acceptors (Lipinski definition) is 4. The first-order valence-electron chi connectivity index (χ1n) is 6.31. The highest BCUT2D eigenvalue weighted by Crippen LogP contribution is 2.35. The van der Waals surface area contributed by atoms with Gasteiger partial charge in [-0.3, -0.25) is 0 Å². The molecule has 1 aromatic carbocycles. The van der Waals surface area contributed by atoms with Crippen LogP contribution in [0.5, 0.6) is 0 Å². The molecule has 2 atom stereocenters. The van der Waals surface area contributed by atoms with Crippen LogP contribution >= 0.6 is 15.9 Å². The molecule has 2 N–H and O–H groups in total. The molecule has 1 aromatic heterocycles. The quantitative estimate of drug-likeness (QED) is 0.849. The third-order valence-corrected chi connectivity index (χ3v) is 4.38. The number of hydrogen-bond donors (Lipinski definition) is 1. The van der Waals surface area contributed by atoms with Crippen LogP contribution in [0.25, 0.3) is 11.4 Å². The number of halogens is 3. The minimum Gasteiger partial charge on any atom is -0.339 e. The van der Waals surface area contributed by atoms with E-state index in [1.54, 1.807) is 0 Å². The molecule has 20 heavy (non-hydrogen) atoms. The standard InChI is InChI=1S/C13H12BrF2N3O/c14-10-7(4-5-8(15)11(10)16)12-18-13(20-19-12)6-2-1-3-9(6)17/h4-6,9H,1-3,17H2. The van der Waals surface area contributed by atoms with Gasteiger partial charge in [0.25, 0.3) is 0 Å². The van der Waals surface area contributed by atoms with E-state index in [0.29, 0.717) is 11.5 Å². The Bertz CT molecular complexity index is 647. The molecule has 1 heterocycles. The fourth-order valence-corrected chi connectivity index (χ4v) is 2.99. The zero-order chi connectivity index (χ0) is 14.3. The first-order chi connectivity index (χ1) is 9.58. The highest BCUT2D eigenvalue weighted by atomic mass is 79.9. The molecular weight excluding hydrogens is 332 g/mol. The van der Waals surface area contributed by atoms with Crippen molar-refractivity contribution in [3.63, 3.8) is 0 Å². The molecule has 0 spiro atoms. The van der Waals surface area contributed by atoms with Crippen LogP contribution in [0, 0.1) is 11.6 Å². The Morgan fingerprint density at radius 2 is 2.10 bits per heavy atom. The molecule has 2 unspecified atom stereocenters. The SMILES string of the molecule is NC1CCCC1c1nc(-c2ccc(F)c(F)c2Br)no1. The molecule has 4 nitrogen and oxygen atoms in total. The summed E-state index contributed by atoms with van der Waals surface area (Å²) in [4.78, 5) is 4.27. The minimum absolute atomic E-state index is 0.0108. The molecule has 1 aliphatic carbocycles. The highest BCUT2D eigenvalue weighted by Gasteiger charge is 2.30. The predicted octanol–water partition coefficient (Wildman–Crippen LogP) is 3.37. The van der Waals surface area contributed by atoms with Gasteiger partial charge in [-0.2, -0.15) is 4.98 Å². The number of aromatic nitrogens is 2. The Kier molecular flexibility index (Phi) is 3.55. The molecule has 0 radical (unpaired) electrons. The van der Waals surface area contributed by atoms with Gasteiger partial charge in [-0.15, -0.1) is 0 Å². The van der Waals surface area contributed by atoms with Gasteiger partial charge in [-0.05, 0) is 40.9 Å². The van der Waals surface area contributed by atoms with Gasteiger partial charge in [0.1, 0.15) is 0 Å². The van der Waals surface area contributed by atoms with Crippen LogP contribution in [-0.4, -0.2) is 16.2 Å². The van der Waals surface area contributed by atoms with Gasteiger partial charge in [0.05, 0.1) is 10.4 Å². The van der Waals surface area contributed by atoms with Gasteiger partial charge in [0, 0.05) is 11.6 Å². The number of nitrogens with two attached hydrogens (primary N) is 1. The summed E-state index contributed by atoms with van der Waals surface area (Å²) in [6.45, 7) is 0. The molecule has 1 saturated carbocycles. The maximum Gasteiger partial charge on any atom is 0.231 e. The van der Waals surface area contributed by atoms with Crippen LogP contribution in [0.2, 0.25) is 0 Å². The first-order valence-corrected chi connectivity index (χ1v) is 7.10. The van der Waals surface area contributed by atoms with Gasteiger partial charge < -0.3 is 10.3 Å². The summed E-state index contributed by atoms with van der Waals surface area (Å²) in [5.41, 5.74) is 6.34. The molecule has 0 aliphatic heterocycles. The van der Waals surface area contributed by atoms with E-state index < -0.39 is 11.6 Å². The van der Waals surface area contributed by atoms with Gasteiger partial charge in [-0.1, -0.05) is 11.6 Å². The van der Waals surface area contributed by atoms with Crippen molar-refractivity contribution in [3.05, 3.63) is 34.1 Å². The normalized spacial score (nSPS) is 22.4. The van der Waals surface area contributed by atoms with Crippen LogP contribution in [0.15, 0.2) is 21.1 Å². The van der Waals surface area contributed by atoms with Crippen molar-refractivity contribution in [1.82, 2.24) is 10.1 Å². The van der Waals surface area contributed by atoms with Gasteiger partial charge in [0.15, 0.2) is 11.6 Å². The number of rotatable bonds is 2. The van der Waals surface area contributed by atoms with Crippen LogP contribution < -0.4 is 5.73 Å². The molecule has 106 valence electrons. The Morgan fingerprint density at radius 1 is 1.30 bits per heavy atom. The molecule has 3 rings (SSSR count). The molecule has 2 aromatic rings. The lowest BCUT2D eigenvalue weighted by Gasteiger charge is -2.08. The molecule has 0 saturated heterocycles. The van der Waals surface area contributed by atoms with E-state index in [4.69, 9.17) is 10.3 Å². The second-order valence-electron chi connectivity index (χ2n) is 4.88. The Hall–Kier alpha value is -1.34. The van der Waals surface area contributed by atoms with Crippen molar-refractivity contribution in [3.8, 4) is 11.4 Å². The van der Waals surface area contributed by atoms with Crippen molar-refractivity contribution in [2.24, 2.45) is 5.73 Å². The summed E-state index contributed by atoms with van der Waals surface area (Å²) < 4.78 is 31.8. The van der Waals surface area contributed by atoms with Gasteiger partial charge >= 0.3 is 0 Å². The van der Waals surface area contributed by atoms with Crippen molar-refractivity contribution in [2.75, 3.05) is 0 Å². The van der Waals surface area contributed by atoms with Crippen molar-refractivity contribution < 1.29 is 13.3 Å². The number of benzene rings is 1. The van der Waals surface area contributed by atoms with Crippen LogP contribution in [0.3, 0.4) is 0 Å². The third-order valence-electron chi connectivity index (χ3n) is 3.60. The van der Waals surface area contributed by atoms with Crippen molar-refractivity contribution in [2.45, 2.75) is 31.2 Å². The Morgan fingerprint density at radius 3 is 2.80 bits per heavy atom. The lowest BCUT2D eigenvalue weighted by atomic mass is 10.1. The molecule has 7 heteroatoms. The summed E-state index contributed by atoms with van der Waals surface area (Å²) in [7, 11) is 0. The fourth-order valence-electron chi connectivity index (χ4n) is 2.49. The second kappa shape index (κ2) is 5.21. The molecular formula is C13H12BrF2N3O. The molecule has 0 bridgehead atoms. The first kappa shape index (κ1) is 13.6. The monoisotopic (exact) mass is 343 g/mol. The second-order valence-corrected chi connectivity index (χ2v) is 5.67. The van der Waals surface area contributed by atoms with E-state index in [0.717, 1.165) is 25.3 Å². The topological polar surface area (TPSA) is 64.9 Å². The molecule has 0 amide bonds. The minimum atomic E-state index is -0.966. The van der Waals surface area contributed by atoms with E-state index in [2.05, 4.69) is 26.1 Å². The number of nitrogens with zero attached hydrogens (tertiary/aromatic N) is 2. The van der Waals surface area contributed by atoms with E-state index in [-0.39, 0.29) is 22.3 Å². The van der Waals surface area contributed by atoms with Crippen molar-refractivity contribution in [1.29, 1.82) is 0 Å².